The minimum absolute atomic E-state index is 0.0354. The first kappa shape index (κ1) is 16.7. The molecule has 0 aromatic heterocycles. The molecule has 4 nitrogen and oxygen atoms in total. The Morgan fingerprint density at radius 1 is 1.38 bits per heavy atom. The lowest BCUT2D eigenvalue weighted by molar-refractivity contribution is -0.128. The number of hydrogen-bond donors (Lipinski definition) is 1. The Hall–Kier alpha value is -0.630. The normalized spacial score (nSPS) is 28.8. The summed E-state index contributed by atoms with van der Waals surface area (Å²) < 4.78 is 5.94. The van der Waals surface area contributed by atoms with E-state index < -0.39 is 0 Å². The molecule has 2 unspecified atom stereocenters. The summed E-state index contributed by atoms with van der Waals surface area (Å²) in [5.74, 6) is 0. The molecule has 120 valence electrons. The molecule has 1 saturated heterocycles. The Morgan fingerprint density at radius 3 is 2.67 bits per heavy atom. The van der Waals surface area contributed by atoms with Crippen LogP contribution in [0.25, 0.3) is 0 Å². The van der Waals surface area contributed by atoms with Crippen molar-refractivity contribution in [3.63, 3.8) is 0 Å². The molecule has 1 N–H and O–H groups in total. The Kier molecular flexibility index (Phi) is 5.29. The fraction of sp³-hybridized carbons (Fsp3) is 0.941. The van der Waals surface area contributed by atoms with Gasteiger partial charge in [0.1, 0.15) is 5.54 Å². The van der Waals surface area contributed by atoms with Crippen LogP contribution < -0.4 is 5.32 Å². The van der Waals surface area contributed by atoms with Crippen molar-refractivity contribution in [1.29, 1.82) is 5.26 Å². The lowest BCUT2D eigenvalue weighted by atomic mass is 9.96. The zero-order valence-corrected chi connectivity index (χ0v) is 14.1. The number of nitrogens with zero attached hydrogens (tertiary/aromatic N) is 2. The molecule has 2 aliphatic rings. The van der Waals surface area contributed by atoms with Gasteiger partial charge >= 0.3 is 0 Å². The second kappa shape index (κ2) is 6.64. The maximum Gasteiger partial charge on any atom is 0.104 e. The van der Waals surface area contributed by atoms with Gasteiger partial charge in [0.05, 0.1) is 17.8 Å². The highest BCUT2D eigenvalue weighted by molar-refractivity contribution is 5.06. The van der Waals surface area contributed by atoms with Crippen molar-refractivity contribution < 1.29 is 4.74 Å². The summed E-state index contributed by atoms with van der Waals surface area (Å²) in [4.78, 5) is 2.51. The standard InChI is InChI=1S/C17H31N3O/c1-14-11-20(13-16(2,3)21-14)10-6-5-9-17(4,12-18)19-15-7-8-15/h14-15,19H,5-11,13H2,1-4H3. The van der Waals surface area contributed by atoms with Crippen molar-refractivity contribution >= 4 is 0 Å². The predicted octanol–water partition coefficient (Wildman–Crippen LogP) is 2.69. The van der Waals surface area contributed by atoms with Crippen LogP contribution in [0.5, 0.6) is 0 Å². The number of nitriles is 1. The van der Waals surface area contributed by atoms with E-state index in [4.69, 9.17) is 4.74 Å². The highest BCUT2D eigenvalue weighted by atomic mass is 16.5. The largest absolute Gasteiger partial charge is 0.370 e. The zero-order valence-electron chi connectivity index (χ0n) is 14.1. The molecule has 0 radical (unpaired) electrons. The van der Waals surface area contributed by atoms with Gasteiger partial charge in [-0.15, -0.1) is 0 Å². The molecular formula is C17H31N3O. The lowest BCUT2D eigenvalue weighted by Gasteiger charge is -2.41. The van der Waals surface area contributed by atoms with E-state index in [9.17, 15) is 5.26 Å². The van der Waals surface area contributed by atoms with Gasteiger partial charge in [-0.2, -0.15) is 5.26 Å². The third-order valence-electron chi connectivity index (χ3n) is 4.39. The second-order valence-electron chi connectivity index (χ2n) is 7.74. The van der Waals surface area contributed by atoms with Gasteiger partial charge in [0.2, 0.25) is 0 Å². The van der Waals surface area contributed by atoms with Crippen LogP contribution in [0.4, 0.5) is 0 Å². The van der Waals surface area contributed by atoms with E-state index in [1.54, 1.807) is 0 Å². The monoisotopic (exact) mass is 293 g/mol. The molecule has 1 saturated carbocycles. The van der Waals surface area contributed by atoms with Gasteiger partial charge in [-0.05, 0) is 66.3 Å². The highest BCUT2D eigenvalue weighted by Gasteiger charge is 2.33. The van der Waals surface area contributed by atoms with Crippen LogP contribution in [0.15, 0.2) is 0 Å². The van der Waals surface area contributed by atoms with Crippen LogP contribution in [-0.2, 0) is 4.74 Å². The van der Waals surface area contributed by atoms with E-state index in [-0.39, 0.29) is 11.1 Å². The van der Waals surface area contributed by atoms with E-state index in [0.717, 1.165) is 38.9 Å². The van der Waals surface area contributed by atoms with Gasteiger partial charge in [-0.1, -0.05) is 0 Å². The quantitative estimate of drug-likeness (QED) is 0.733. The number of morpholine rings is 1. The lowest BCUT2D eigenvalue weighted by Crippen LogP contribution is -2.52. The van der Waals surface area contributed by atoms with Crippen LogP contribution >= 0.6 is 0 Å². The van der Waals surface area contributed by atoms with Gasteiger partial charge in [0.15, 0.2) is 0 Å². The van der Waals surface area contributed by atoms with E-state index in [2.05, 4.69) is 37.1 Å². The Balaban J connectivity index is 1.68. The van der Waals surface area contributed by atoms with E-state index in [1.807, 2.05) is 6.92 Å². The summed E-state index contributed by atoms with van der Waals surface area (Å²) in [6.07, 6.45) is 6.00. The summed E-state index contributed by atoms with van der Waals surface area (Å²) in [5, 5.41) is 12.9. The third-order valence-corrected chi connectivity index (χ3v) is 4.39. The van der Waals surface area contributed by atoms with Gasteiger partial charge < -0.3 is 4.74 Å². The molecule has 0 bridgehead atoms. The molecule has 1 aliphatic heterocycles. The molecule has 0 amide bonds. The number of rotatable bonds is 7. The Morgan fingerprint density at radius 2 is 2.10 bits per heavy atom. The van der Waals surface area contributed by atoms with Gasteiger partial charge in [-0.3, -0.25) is 10.2 Å². The minimum Gasteiger partial charge on any atom is -0.370 e. The van der Waals surface area contributed by atoms with Gasteiger partial charge in [0, 0.05) is 19.1 Å². The Bertz CT molecular complexity index is 386. The first-order valence-electron chi connectivity index (χ1n) is 8.41. The molecular weight excluding hydrogens is 262 g/mol. The van der Waals surface area contributed by atoms with Gasteiger partial charge in [-0.25, -0.2) is 0 Å². The predicted molar refractivity (Wildman–Crippen MR) is 85.1 cm³/mol. The maximum absolute atomic E-state index is 9.37. The van der Waals surface area contributed by atoms with Crippen LogP contribution in [0.3, 0.4) is 0 Å². The van der Waals surface area contributed by atoms with Crippen molar-refractivity contribution in [2.45, 2.75) is 83.1 Å². The highest BCUT2D eigenvalue weighted by Crippen LogP contribution is 2.25. The average Bonchev–Trinajstić information content (AvgIpc) is 3.16. The van der Waals surface area contributed by atoms with Crippen LogP contribution in [0, 0.1) is 11.3 Å². The smallest absolute Gasteiger partial charge is 0.104 e. The van der Waals surface area contributed by atoms with Crippen LogP contribution in [-0.4, -0.2) is 47.8 Å². The topological polar surface area (TPSA) is 48.3 Å². The first-order valence-corrected chi connectivity index (χ1v) is 8.41. The van der Waals surface area contributed by atoms with E-state index in [0.29, 0.717) is 12.1 Å². The fourth-order valence-electron chi connectivity index (χ4n) is 3.41. The molecule has 1 aliphatic carbocycles. The average molecular weight is 293 g/mol. The molecule has 4 heteroatoms. The maximum atomic E-state index is 9.37. The van der Waals surface area contributed by atoms with Crippen molar-refractivity contribution in [2.24, 2.45) is 0 Å². The summed E-state index contributed by atoms with van der Waals surface area (Å²) in [5.41, 5.74) is -0.370. The number of ether oxygens (including phenoxy) is 1. The molecule has 0 aromatic rings. The number of unbranched alkanes of at least 4 members (excludes halogenated alkanes) is 1. The summed E-state index contributed by atoms with van der Waals surface area (Å²) in [7, 11) is 0. The molecule has 2 atom stereocenters. The molecule has 1 heterocycles. The second-order valence-corrected chi connectivity index (χ2v) is 7.74. The fourth-order valence-corrected chi connectivity index (χ4v) is 3.41. The molecule has 0 spiro atoms. The first-order chi connectivity index (χ1) is 9.82. The van der Waals surface area contributed by atoms with Crippen molar-refractivity contribution in [1.82, 2.24) is 10.2 Å². The van der Waals surface area contributed by atoms with Crippen molar-refractivity contribution in [3.8, 4) is 6.07 Å². The van der Waals surface area contributed by atoms with E-state index >= 15 is 0 Å². The minimum atomic E-state index is -0.335. The number of hydrogen-bond acceptors (Lipinski definition) is 4. The molecule has 21 heavy (non-hydrogen) atoms. The van der Waals surface area contributed by atoms with E-state index in [1.165, 1.54) is 12.8 Å². The summed E-state index contributed by atoms with van der Waals surface area (Å²) in [6.45, 7) is 11.7. The number of nitrogens with one attached hydrogen (secondary N) is 1. The Labute approximate surface area is 129 Å². The van der Waals surface area contributed by atoms with Gasteiger partial charge in [0.25, 0.3) is 0 Å². The van der Waals surface area contributed by atoms with Crippen LogP contribution in [0.1, 0.15) is 59.8 Å². The SMILES string of the molecule is CC1CN(CCCCC(C)(C#N)NC2CC2)CC(C)(C)O1. The molecule has 2 rings (SSSR count). The third kappa shape index (κ3) is 5.58. The molecule has 0 aromatic carbocycles. The van der Waals surface area contributed by atoms with Crippen molar-refractivity contribution in [2.75, 3.05) is 19.6 Å². The van der Waals surface area contributed by atoms with Crippen LogP contribution in [0.2, 0.25) is 0 Å². The van der Waals surface area contributed by atoms with Crippen molar-refractivity contribution in [3.05, 3.63) is 0 Å². The zero-order chi connectivity index (χ0) is 15.5. The molecule has 2 fully saturated rings. The summed E-state index contributed by atoms with van der Waals surface area (Å²) in [6, 6.07) is 3.06. The summed E-state index contributed by atoms with van der Waals surface area (Å²) >= 11 is 0.